The quantitative estimate of drug-likeness (QED) is 0.0738. The Morgan fingerprint density at radius 2 is 0.895 bits per heavy atom. The summed E-state index contributed by atoms with van der Waals surface area (Å²) in [5.41, 5.74) is 3.07. The average Bonchev–Trinajstić information content (AvgIpc) is 2.95. The topological polar surface area (TPSA) is 83.6 Å². The number of ether oxygens (including phenoxy) is 2. The first-order chi connectivity index (χ1) is 18.7. The molecule has 0 amide bonds. The van der Waals surface area contributed by atoms with E-state index in [0.29, 0.717) is 24.3 Å². The Hall–Kier alpha value is -3.02. The van der Waals surface area contributed by atoms with Crippen LogP contribution in [-0.4, -0.2) is 35.1 Å². The van der Waals surface area contributed by atoms with Gasteiger partial charge in [-0.05, 0) is 98.2 Å². The van der Waals surface area contributed by atoms with Gasteiger partial charge in [0, 0.05) is 0 Å². The van der Waals surface area contributed by atoms with E-state index in [4.69, 9.17) is 9.47 Å². The molecule has 2 rings (SSSR count). The van der Waals surface area contributed by atoms with Gasteiger partial charge in [0.05, 0.1) is 24.6 Å². The second-order valence-corrected chi connectivity index (χ2v) is 9.87. The Labute approximate surface area is 229 Å². The molecule has 6 nitrogen and oxygen atoms in total. The summed E-state index contributed by atoms with van der Waals surface area (Å²) in [5, 5.41) is 26.1. The van der Waals surface area contributed by atoms with E-state index in [9.17, 15) is 10.4 Å². The first kappa shape index (κ1) is 31.2. The zero-order chi connectivity index (χ0) is 27.3. The fraction of sp³-hybridized carbons (Fsp3) is 0.562. The summed E-state index contributed by atoms with van der Waals surface area (Å²) in [6, 6.07) is 15.5. The molecule has 0 atom stereocenters. The summed E-state index contributed by atoms with van der Waals surface area (Å²) in [4.78, 5) is 0. The number of nitrogens with zero attached hydrogens (tertiary/aromatic N) is 2. The van der Waals surface area contributed by atoms with Gasteiger partial charge < -0.3 is 19.9 Å². The molecule has 0 unspecified atom stereocenters. The Morgan fingerprint density at radius 1 is 0.526 bits per heavy atom. The number of rotatable bonds is 21. The first-order valence-corrected chi connectivity index (χ1v) is 14.6. The second kappa shape index (κ2) is 20.0. The van der Waals surface area contributed by atoms with E-state index >= 15 is 0 Å². The van der Waals surface area contributed by atoms with Crippen LogP contribution in [0.15, 0.2) is 58.8 Å². The highest BCUT2D eigenvalue weighted by molar-refractivity contribution is 6.01. The molecule has 0 heterocycles. The molecule has 0 radical (unpaired) electrons. The van der Waals surface area contributed by atoms with Crippen LogP contribution >= 0.6 is 0 Å². The van der Waals surface area contributed by atoms with Crippen molar-refractivity contribution in [3.05, 3.63) is 59.7 Å². The van der Waals surface area contributed by atoms with Crippen molar-refractivity contribution in [1.29, 1.82) is 0 Å². The van der Waals surface area contributed by atoms with E-state index < -0.39 is 0 Å². The summed E-state index contributed by atoms with van der Waals surface area (Å²) >= 11 is 0. The SMILES string of the molecule is CCCCCCCOc1ccc(C(CCCCC(=NO)c2ccc(OCCCCCCC)cc2)=NO)cc1. The van der Waals surface area contributed by atoms with Crippen LogP contribution in [-0.2, 0) is 0 Å². The van der Waals surface area contributed by atoms with E-state index in [2.05, 4.69) is 24.2 Å². The molecular formula is C32H48N2O4. The predicted molar refractivity (Wildman–Crippen MR) is 157 cm³/mol. The minimum atomic E-state index is 0.637. The standard InChI is InChI=1S/C32H48N2O4/c1-3-5-7-9-13-25-37-29-21-17-27(18-22-29)31(33-35)15-11-12-16-32(34-36)28-19-23-30(24-20-28)38-26-14-10-8-6-4-2/h17-24,35-36H,3-16,25-26H2,1-2H3. The van der Waals surface area contributed by atoms with E-state index in [1.807, 2.05) is 48.5 Å². The zero-order valence-electron chi connectivity index (χ0n) is 23.5. The smallest absolute Gasteiger partial charge is 0.119 e. The third-order valence-corrected chi connectivity index (χ3v) is 6.73. The monoisotopic (exact) mass is 524 g/mol. The molecule has 0 aliphatic rings. The van der Waals surface area contributed by atoms with Gasteiger partial charge >= 0.3 is 0 Å². The van der Waals surface area contributed by atoms with Crippen molar-refractivity contribution < 1.29 is 19.9 Å². The van der Waals surface area contributed by atoms with Crippen molar-refractivity contribution in [2.24, 2.45) is 10.3 Å². The van der Waals surface area contributed by atoms with Crippen LogP contribution in [0.3, 0.4) is 0 Å². The molecule has 0 spiro atoms. The molecule has 0 aromatic heterocycles. The maximum absolute atomic E-state index is 9.55. The maximum Gasteiger partial charge on any atom is 0.119 e. The van der Waals surface area contributed by atoms with Gasteiger partial charge in [0.25, 0.3) is 0 Å². The van der Waals surface area contributed by atoms with Crippen LogP contribution in [0.2, 0.25) is 0 Å². The molecule has 0 saturated heterocycles. The number of hydrogen-bond donors (Lipinski definition) is 2. The lowest BCUT2D eigenvalue weighted by molar-refractivity contribution is 0.304. The lowest BCUT2D eigenvalue weighted by Crippen LogP contribution is -2.05. The summed E-state index contributed by atoms with van der Waals surface area (Å²) in [6.07, 6.45) is 15.0. The summed E-state index contributed by atoms with van der Waals surface area (Å²) in [6.45, 7) is 5.90. The van der Waals surface area contributed by atoms with Crippen molar-refractivity contribution in [2.75, 3.05) is 13.2 Å². The van der Waals surface area contributed by atoms with E-state index in [1.165, 1.54) is 51.4 Å². The van der Waals surface area contributed by atoms with Crippen molar-refractivity contribution in [2.45, 2.75) is 104 Å². The lowest BCUT2D eigenvalue weighted by Gasteiger charge is -2.10. The lowest BCUT2D eigenvalue weighted by atomic mass is 10.0. The van der Waals surface area contributed by atoms with Crippen molar-refractivity contribution >= 4 is 11.4 Å². The Balaban J connectivity index is 1.70. The van der Waals surface area contributed by atoms with Crippen molar-refractivity contribution in [3.63, 3.8) is 0 Å². The molecule has 2 aromatic carbocycles. The third-order valence-electron chi connectivity index (χ3n) is 6.73. The molecule has 6 heteroatoms. The fourth-order valence-corrected chi connectivity index (χ4v) is 4.37. The normalized spacial score (nSPS) is 12.1. The van der Waals surface area contributed by atoms with Gasteiger partial charge in [0.1, 0.15) is 11.5 Å². The first-order valence-electron chi connectivity index (χ1n) is 14.6. The van der Waals surface area contributed by atoms with E-state index in [-0.39, 0.29) is 0 Å². The van der Waals surface area contributed by atoms with Gasteiger partial charge in [-0.3, -0.25) is 0 Å². The van der Waals surface area contributed by atoms with E-state index in [0.717, 1.165) is 61.5 Å². The molecule has 0 aliphatic carbocycles. The molecular weight excluding hydrogens is 476 g/mol. The van der Waals surface area contributed by atoms with Crippen LogP contribution in [0.1, 0.15) is 115 Å². The van der Waals surface area contributed by atoms with Crippen LogP contribution in [0.4, 0.5) is 0 Å². The summed E-state index contributed by atoms with van der Waals surface area (Å²) in [5.74, 6) is 1.68. The fourth-order valence-electron chi connectivity index (χ4n) is 4.37. The van der Waals surface area contributed by atoms with Gasteiger partial charge in [-0.2, -0.15) is 0 Å². The highest BCUT2D eigenvalue weighted by Gasteiger charge is 2.09. The molecule has 210 valence electrons. The van der Waals surface area contributed by atoms with Crippen molar-refractivity contribution in [3.8, 4) is 11.5 Å². The van der Waals surface area contributed by atoms with Crippen LogP contribution in [0.25, 0.3) is 0 Å². The molecule has 38 heavy (non-hydrogen) atoms. The third kappa shape index (κ3) is 12.5. The molecule has 0 fully saturated rings. The number of unbranched alkanes of at least 4 members (excludes halogenated alkanes) is 9. The zero-order valence-corrected chi connectivity index (χ0v) is 23.5. The minimum Gasteiger partial charge on any atom is -0.494 e. The van der Waals surface area contributed by atoms with Gasteiger partial charge in [0.2, 0.25) is 0 Å². The molecule has 2 aromatic rings. The molecule has 2 N–H and O–H groups in total. The van der Waals surface area contributed by atoms with Gasteiger partial charge in [-0.25, -0.2) is 0 Å². The van der Waals surface area contributed by atoms with Crippen LogP contribution in [0, 0.1) is 0 Å². The van der Waals surface area contributed by atoms with Crippen molar-refractivity contribution in [1.82, 2.24) is 0 Å². The maximum atomic E-state index is 9.55. The van der Waals surface area contributed by atoms with Gasteiger partial charge in [-0.15, -0.1) is 0 Å². The van der Waals surface area contributed by atoms with Crippen LogP contribution in [0.5, 0.6) is 11.5 Å². The summed E-state index contributed by atoms with van der Waals surface area (Å²) in [7, 11) is 0. The highest BCUT2D eigenvalue weighted by Crippen LogP contribution is 2.19. The minimum absolute atomic E-state index is 0.637. The van der Waals surface area contributed by atoms with Crippen LogP contribution < -0.4 is 9.47 Å². The molecule has 0 aliphatic heterocycles. The number of benzene rings is 2. The highest BCUT2D eigenvalue weighted by atomic mass is 16.5. The number of hydrogen-bond acceptors (Lipinski definition) is 6. The predicted octanol–water partition coefficient (Wildman–Crippen LogP) is 9.00. The average molecular weight is 525 g/mol. The second-order valence-electron chi connectivity index (χ2n) is 9.87. The molecule has 0 saturated carbocycles. The Kier molecular flexibility index (Phi) is 16.4. The largest absolute Gasteiger partial charge is 0.494 e. The Morgan fingerprint density at radius 3 is 1.24 bits per heavy atom. The molecule has 0 bridgehead atoms. The van der Waals surface area contributed by atoms with Gasteiger partial charge in [0.15, 0.2) is 0 Å². The summed E-state index contributed by atoms with van der Waals surface area (Å²) < 4.78 is 11.7. The van der Waals surface area contributed by atoms with Gasteiger partial charge in [-0.1, -0.05) is 75.5 Å². The Bertz CT molecular complexity index is 846. The van der Waals surface area contributed by atoms with E-state index in [1.54, 1.807) is 0 Å². The number of oxime groups is 2.